The van der Waals surface area contributed by atoms with E-state index in [1.54, 1.807) is 23.1 Å². The van der Waals surface area contributed by atoms with Crippen molar-refractivity contribution in [2.75, 3.05) is 13.2 Å². The number of likely N-dealkylation sites (N-methyl/N-ethyl adjacent to an activating group) is 1. The summed E-state index contributed by atoms with van der Waals surface area (Å²) in [4.78, 5) is 28.3. The second kappa shape index (κ2) is 12.6. The highest BCUT2D eigenvalue weighted by molar-refractivity contribution is 6.42. The summed E-state index contributed by atoms with van der Waals surface area (Å²) in [5, 5.41) is 3.69. The first kappa shape index (κ1) is 26.6. The summed E-state index contributed by atoms with van der Waals surface area (Å²) in [5.41, 5.74) is 3.81. The van der Waals surface area contributed by atoms with Gasteiger partial charge >= 0.3 is 0 Å². The Balaban J connectivity index is 1.92. The number of carbonyl (C=O) groups is 2. The number of hydrogen-bond donors (Lipinski definition) is 1. The number of nitrogens with zero attached hydrogens (tertiary/aromatic N) is 1. The molecule has 3 aromatic rings. The van der Waals surface area contributed by atoms with E-state index in [9.17, 15) is 9.59 Å². The molecule has 0 radical (unpaired) electrons. The molecule has 2 amide bonds. The van der Waals surface area contributed by atoms with Crippen LogP contribution in [0.1, 0.15) is 29.2 Å². The molecule has 3 rings (SSSR count). The van der Waals surface area contributed by atoms with Gasteiger partial charge in [0, 0.05) is 19.5 Å². The summed E-state index contributed by atoms with van der Waals surface area (Å²) < 4.78 is 5.86. The minimum Gasteiger partial charge on any atom is -0.484 e. The molecule has 1 atom stereocenters. The van der Waals surface area contributed by atoms with Crippen molar-refractivity contribution in [3.8, 4) is 5.75 Å². The quantitative estimate of drug-likeness (QED) is 0.375. The van der Waals surface area contributed by atoms with Crippen LogP contribution in [0.3, 0.4) is 0 Å². The zero-order chi connectivity index (χ0) is 25.4. The number of rotatable bonds is 10. The summed E-state index contributed by atoms with van der Waals surface area (Å²) >= 11 is 12.3. The van der Waals surface area contributed by atoms with Crippen LogP contribution in [0.15, 0.2) is 66.7 Å². The van der Waals surface area contributed by atoms with Crippen molar-refractivity contribution >= 4 is 35.0 Å². The van der Waals surface area contributed by atoms with E-state index in [1.807, 2.05) is 69.3 Å². The smallest absolute Gasteiger partial charge is 0.261 e. The maximum absolute atomic E-state index is 13.5. The Morgan fingerprint density at radius 2 is 1.60 bits per heavy atom. The summed E-state index contributed by atoms with van der Waals surface area (Å²) in [5.74, 6) is 0.0848. The maximum atomic E-state index is 13.5. The minimum absolute atomic E-state index is 0.181. The zero-order valence-corrected chi connectivity index (χ0v) is 21.7. The fraction of sp³-hybridized carbons (Fsp3) is 0.286. The average molecular weight is 513 g/mol. The molecule has 0 unspecified atom stereocenters. The third-order valence-corrected chi connectivity index (χ3v) is 6.26. The van der Waals surface area contributed by atoms with Crippen molar-refractivity contribution < 1.29 is 14.3 Å². The third-order valence-electron chi connectivity index (χ3n) is 5.52. The van der Waals surface area contributed by atoms with Gasteiger partial charge in [0.05, 0.1) is 10.0 Å². The number of halogens is 2. The summed E-state index contributed by atoms with van der Waals surface area (Å²) in [6, 6.07) is 19.9. The molecule has 0 saturated carbocycles. The second-order valence-electron chi connectivity index (χ2n) is 8.48. The van der Waals surface area contributed by atoms with Crippen molar-refractivity contribution in [1.82, 2.24) is 10.2 Å². The second-order valence-corrected chi connectivity index (χ2v) is 9.30. The number of hydrogen-bond acceptors (Lipinski definition) is 3. The van der Waals surface area contributed by atoms with Crippen LogP contribution in [0.5, 0.6) is 5.75 Å². The third kappa shape index (κ3) is 7.74. The van der Waals surface area contributed by atoms with Gasteiger partial charge in [0.2, 0.25) is 5.91 Å². The number of nitrogens with one attached hydrogen (secondary N) is 1. The van der Waals surface area contributed by atoms with Crippen LogP contribution in [-0.4, -0.2) is 35.9 Å². The van der Waals surface area contributed by atoms with Gasteiger partial charge in [0.15, 0.2) is 6.61 Å². The molecule has 0 fully saturated rings. The summed E-state index contributed by atoms with van der Waals surface area (Å²) in [7, 11) is 0. The predicted molar refractivity (Wildman–Crippen MR) is 141 cm³/mol. The predicted octanol–water partition coefficient (Wildman–Crippen LogP) is 5.77. The van der Waals surface area contributed by atoms with Crippen LogP contribution in [0, 0.1) is 13.8 Å². The fourth-order valence-corrected chi connectivity index (χ4v) is 4.25. The summed E-state index contributed by atoms with van der Waals surface area (Å²) in [6.45, 7) is 6.24. The van der Waals surface area contributed by atoms with Crippen molar-refractivity contribution in [2.45, 2.75) is 39.8 Å². The first-order valence-corrected chi connectivity index (χ1v) is 12.3. The monoisotopic (exact) mass is 512 g/mol. The topological polar surface area (TPSA) is 58.6 Å². The van der Waals surface area contributed by atoms with Crippen molar-refractivity contribution in [2.24, 2.45) is 0 Å². The number of amides is 2. The van der Waals surface area contributed by atoms with Crippen LogP contribution in [-0.2, 0) is 22.6 Å². The Labute approximate surface area is 217 Å². The molecular weight excluding hydrogens is 483 g/mol. The number of ether oxygens (including phenoxy) is 1. The molecule has 0 aliphatic heterocycles. The van der Waals surface area contributed by atoms with Crippen LogP contribution < -0.4 is 10.1 Å². The number of carbonyl (C=O) groups excluding carboxylic acids is 2. The highest BCUT2D eigenvalue weighted by Gasteiger charge is 2.30. The molecule has 1 N–H and O–H groups in total. The standard InChI is InChI=1S/C28H30Cl2N2O3/c1-4-31-28(34)26(16-21-8-6-5-7-9-21)32(17-22-10-11-24(29)25(30)15-22)27(33)18-35-23-13-19(2)12-20(3)14-23/h5-15,26H,4,16-18H2,1-3H3,(H,31,34)/t26-/m0/s1. The first-order valence-electron chi connectivity index (χ1n) is 11.5. The number of benzene rings is 3. The number of aryl methyl sites for hydroxylation is 2. The molecule has 35 heavy (non-hydrogen) atoms. The van der Waals surface area contributed by atoms with Crippen LogP contribution >= 0.6 is 23.2 Å². The maximum Gasteiger partial charge on any atom is 0.261 e. The van der Waals surface area contributed by atoms with Gasteiger partial charge in [0.1, 0.15) is 11.8 Å². The van der Waals surface area contributed by atoms with Crippen LogP contribution in [0.4, 0.5) is 0 Å². The molecular formula is C28H30Cl2N2O3. The molecule has 0 saturated heterocycles. The van der Waals surface area contributed by atoms with E-state index in [0.717, 1.165) is 22.3 Å². The summed E-state index contributed by atoms with van der Waals surface area (Å²) in [6.07, 6.45) is 0.364. The molecule has 3 aromatic carbocycles. The van der Waals surface area contributed by atoms with E-state index in [1.165, 1.54) is 0 Å². The normalized spacial score (nSPS) is 11.6. The Hall–Kier alpha value is -3.02. The molecule has 0 heterocycles. The lowest BCUT2D eigenvalue weighted by Crippen LogP contribution is -2.51. The largest absolute Gasteiger partial charge is 0.484 e. The lowest BCUT2D eigenvalue weighted by molar-refractivity contribution is -0.142. The van der Waals surface area contributed by atoms with E-state index in [0.29, 0.717) is 28.8 Å². The van der Waals surface area contributed by atoms with Crippen LogP contribution in [0.25, 0.3) is 0 Å². The van der Waals surface area contributed by atoms with Gasteiger partial charge < -0.3 is 15.0 Å². The molecule has 0 bridgehead atoms. The molecule has 0 aliphatic carbocycles. The average Bonchev–Trinajstić information content (AvgIpc) is 2.82. The van der Waals surface area contributed by atoms with Gasteiger partial charge in [0.25, 0.3) is 5.91 Å². The van der Waals surface area contributed by atoms with E-state index in [4.69, 9.17) is 27.9 Å². The lowest BCUT2D eigenvalue weighted by atomic mass is 10.0. The zero-order valence-electron chi connectivity index (χ0n) is 20.2. The Morgan fingerprint density at radius 1 is 0.914 bits per heavy atom. The highest BCUT2D eigenvalue weighted by atomic mass is 35.5. The van der Waals surface area contributed by atoms with Gasteiger partial charge in [-0.15, -0.1) is 0 Å². The van der Waals surface area contributed by atoms with Gasteiger partial charge in [-0.3, -0.25) is 9.59 Å². The van der Waals surface area contributed by atoms with E-state index < -0.39 is 6.04 Å². The molecule has 184 valence electrons. The van der Waals surface area contributed by atoms with E-state index in [2.05, 4.69) is 5.32 Å². The Bertz CT molecular complexity index is 1150. The molecule has 0 spiro atoms. The highest BCUT2D eigenvalue weighted by Crippen LogP contribution is 2.24. The van der Waals surface area contributed by atoms with Crippen molar-refractivity contribution in [3.05, 3.63) is 99.0 Å². The first-order chi connectivity index (χ1) is 16.8. The van der Waals surface area contributed by atoms with Crippen molar-refractivity contribution in [3.63, 3.8) is 0 Å². The fourth-order valence-electron chi connectivity index (χ4n) is 3.92. The molecule has 0 aromatic heterocycles. The Morgan fingerprint density at radius 3 is 2.23 bits per heavy atom. The van der Waals surface area contributed by atoms with Gasteiger partial charge in [-0.2, -0.15) is 0 Å². The van der Waals surface area contributed by atoms with Gasteiger partial charge in [-0.25, -0.2) is 0 Å². The SMILES string of the molecule is CCNC(=O)[C@H](Cc1ccccc1)N(Cc1ccc(Cl)c(Cl)c1)C(=O)COc1cc(C)cc(C)c1. The van der Waals surface area contributed by atoms with E-state index >= 15 is 0 Å². The Kier molecular flexibility index (Phi) is 9.58. The lowest BCUT2D eigenvalue weighted by Gasteiger charge is -2.31. The van der Waals surface area contributed by atoms with Gasteiger partial charge in [-0.05, 0) is 67.3 Å². The minimum atomic E-state index is -0.734. The van der Waals surface area contributed by atoms with Crippen molar-refractivity contribution in [1.29, 1.82) is 0 Å². The van der Waals surface area contributed by atoms with Gasteiger partial charge in [-0.1, -0.05) is 65.7 Å². The van der Waals surface area contributed by atoms with E-state index in [-0.39, 0.29) is 25.0 Å². The molecule has 7 heteroatoms. The molecule has 0 aliphatic rings. The van der Waals surface area contributed by atoms with Crippen LogP contribution in [0.2, 0.25) is 10.0 Å². The molecule has 5 nitrogen and oxygen atoms in total.